The quantitative estimate of drug-likeness (QED) is 0.603. The molecule has 24 heavy (non-hydrogen) atoms. The Bertz CT molecular complexity index is 629. The Balaban J connectivity index is 2.00. The van der Waals surface area contributed by atoms with Gasteiger partial charge in [-0.2, -0.15) is 0 Å². The molecule has 2 rings (SSSR count). The van der Waals surface area contributed by atoms with Crippen molar-refractivity contribution in [2.45, 2.75) is 45.3 Å². The van der Waals surface area contributed by atoms with E-state index in [-0.39, 0.29) is 22.9 Å². The van der Waals surface area contributed by atoms with Crippen molar-refractivity contribution in [1.82, 2.24) is 4.90 Å². The van der Waals surface area contributed by atoms with Crippen LogP contribution in [0.1, 0.15) is 33.6 Å². The second kappa shape index (κ2) is 7.25. The van der Waals surface area contributed by atoms with Gasteiger partial charge < -0.3 is 14.4 Å². The average Bonchev–Trinajstić information content (AvgIpc) is 2.47. The summed E-state index contributed by atoms with van der Waals surface area (Å²) in [4.78, 5) is 24.0. The molecular formula is C16H21ClN2O5. The van der Waals surface area contributed by atoms with Crippen LogP contribution in [0.4, 0.5) is 10.5 Å². The number of carbonyl (C=O) groups excluding carboxylic acids is 1. The minimum Gasteiger partial charge on any atom is -0.487 e. The Morgan fingerprint density at radius 3 is 2.71 bits per heavy atom. The molecule has 0 bridgehead atoms. The Morgan fingerprint density at radius 1 is 1.42 bits per heavy atom. The zero-order valence-corrected chi connectivity index (χ0v) is 14.7. The number of non-ortho nitro benzene ring substituents is 1. The summed E-state index contributed by atoms with van der Waals surface area (Å²) in [6, 6.07) is 4.08. The van der Waals surface area contributed by atoms with Gasteiger partial charge in [0.1, 0.15) is 17.5 Å². The topological polar surface area (TPSA) is 81.9 Å². The molecule has 1 atom stereocenters. The first kappa shape index (κ1) is 18.3. The van der Waals surface area contributed by atoms with Crippen LogP contribution >= 0.6 is 11.6 Å². The van der Waals surface area contributed by atoms with Gasteiger partial charge in [0.05, 0.1) is 16.5 Å². The van der Waals surface area contributed by atoms with Crippen LogP contribution in [0, 0.1) is 10.1 Å². The third-order valence-corrected chi connectivity index (χ3v) is 3.75. The molecule has 0 radical (unpaired) electrons. The van der Waals surface area contributed by atoms with Gasteiger partial charge in [-0.1, -0.05) is 11.6 Å². The zero-order chi connectivity index (χ0) is 17.9. The molecule has 1 fully saturated rings. The molecule has 1 heterocycles. The fourth-order valence-corrected chi connectivity index (χ4v) is 2.62. The largest absolute Gasteiger partial charge is 0.487 e. The number of amides is 1. The summed E-state index contributed by atoms with van der Waals surface area (Å²) in [5, 5.41) is 10.9. The lowest BCUT2D eigenvalue weighted by atomic mass is 10.1. The molecule has 1 amide bonds. The molecule has 7 nitrogen and oxygen atoms in total. The third kappa shape index (κ3) is 4.99. The maximum atomic E-state index is 12.1. The van der Waals surface area contributed by atoms with E-state index in [4.69, 9.17) is 21.1 Å². The van der Waals surface area contributed by atoms with Crippen LogP contribution in [-0.2, 0) is 4.74 Å². The van der Waals surface area contributed by atoms with Crippen LogP contribution in [0.5, 0.6) is 5.75 Å². The SMILES string of the molecule is CC(C)(C)OC(=O)N1CCCC(Oc2ccc([N+](=O)[O-])cc2Cl)C1. The number of hydrogen-bond acceptors (Lipinski definition) is 5. The summed E-state index contributed by atoms with van der Waals surface area (Å²) in [6.07, 6.45) is 0.956. The van der Waals surface area contributed by atoms with Gasteiger partial charge >= 0.3 is 6.09 Å². The van der Waals surface area contributed by atoms with Crippen molar-refractivity contribution in [3.05, 3.63) is 33.3 Å². The number of hydrogen-bond donors (Lipinski definition) is 0. The van der Waals surface area contributed by atoms with Gasteiger partial charge in [-0.25, -0.2) is 4.79 Å². The molecule has 0 aliphatic carbocycles. The number of carbonyl (C=O) groups is 1. The van der Waals surface area contributed by atoms with E-state index in [1.807, 2.05) is 20.8 Å². The number of benzene rings is 1. The van der Waals surface area contributed by atoms with Crippen molar-refractivity contribution in [2.24, 2.45) is 0 Å². The minimum atomic E-state index is -0.549. The van der Waals surface area contributed by atoms with Crippen LogP contribution in [0.15, 0.2) is 18.2 Å². The van der Waals surface area contributed by atoms with E-state index >= 15 is 0 Å². The molecule has 1 aromatic carbocycles. The first-order chi connectivity index (χ1) is 11.2. The average molecular weight is 357 g/mol. The van der Waals surface area contributed by atoms with E-state index in [0.29, 0.717) is 18.8 Å². The number of ether oxygens (including phenoxy) is 2. The normalized spacial score (nSPS) is 18.2. The molecule has 1 aliphatic rings. The Hall–Kier alpha value is -2.02. The van der Waals surface area contributed by atoms with Crippen molar-refractivity contribution in [3.63, 3.8) is 0 Å². The number of piperidine rings is 1. The lowest BCUT2D eigenvalue weighted by Crippen LogP contribution is -2.46. The van der Waals surface area contributed by atoms with E-state index in [2.05, 4.69) is 0 Å². The molecule has 0 N–H and O–H groups in total. The maximum Gasteiger partial charge on any atom is 0.410 e. The molecular weight excluding hydrogens is 336 g/mol. The van der Waals surface area contributed by atoms with E-state index in [0.717, 1.165) is 12.8 Å². The lowest BCUT2D eigenvalue weighted by molar-refractivity contribution is -0.384. The summed E-state index contributed by atoms with van der Waals surface area (Å²) >= 11 is 6.04. The van der Waals surface area contributed by atoms with Crippen LogP contribution in [0.3, 0.4) is 0 Å². The molecule has 132 valence electrons. The molecule has 8 heteroatoms. The van der Waals surface area contributed by atoms with Gasteiger partial charge in [-0.15, -0.1) is 0 Å². The number of rotatable bonds is 3. The van der Waals surface area contributed by atoms with E-state index in [9.17, 15) is 14.9 Å². The van der Waals surface area contributed by atoms with Gasteiger partial charge in [-0.3, -0.25) is 10.1 Å². The highest BCUT2D eigenvalue weighted by Crippen LogP contribution is 2.30. The number of nitro benzene ring substituents is 1. The predicted molar refractivity (Wildman–Crippen MR) is 89.6 cm³/mol. The molecule has 0 spiro atoms. The lowest BCUT2D eigenvalue weighted by Gasteiger charge is -2.34. The number of likely N-dealkylation sites (tertiary alicyclic amines) is 1. The summed E-state index contributed by atoms with van der Waals surface area (Å²) in [5.74, 6) is 0.373. The fraction of sp³-hybridized carbons (Fsp3) is 0.562. The number of nitrogens with zero attached hydrogens (tertiary/aromatic N) is 2. The zero-order valence-electron chi connectivity index (χ0n) is 14.0. The van der Waals surface area contributed by atoms with Gasteiger partial charge in [-0.05, 0) is 39.7 Å². The van der Waals surface area contributed by atoms with Crippen molar-refractivity contribution in [1.29, 1.82) is 0 Å². The van der Waals surface area contributed by atoms with Crippen LogP contribution < -0.4 is 4.74 Å². The Labute approximate surface area is 145 Å². The first-order valence-electron chi connectivity index (χ1n) is 7.74. The Kier molecular flexibility index (Phi) is 5.54. The number of nitro groups is 1. The fourth-order valence-electron chi connectivity index (χ4n) is 2.41. The van der Waals surface area contributed by atoms with E-state index < -0.39 is 10.5 Å². The highest BCUT2D eigenvalue weighted by Gasteiger charge is 2.29. The van der Waals surface area contributed by atoms with Gasteiger partial charge in [0, 0.05) is 18.7 Å². The molecule has 1 aromatic rings. The highest BCUT2D eigenvalue weighted by molar-refractivity contribution is 6.32. The first-order valence-corrected chi connectivity index (χ1v) is 8.12. The standard InChI is InChI=1S/C16H21ClN2O5/c1-16(2,3)24-15(20)18-8-4-5-12(10-18)23-14-7-6-11(19(21)22)9-13(14)17/h6-7,9,12H,4-5,8,10H2,1-3H3. The summed E-state index contributed by atoms with van der Waals surface area (Å²) in [5.41, 5.74) is -0.640. The van der Waals surface area contributed by atoms with Crippen molar-refractivity contribution < 1.29 is 19.2 Å². The predicted octanol–water partition coefficient (Wildman–Crippen LogP) is 4.03. The third-order valence-electron chi connectivity index (χ3n) is 3.45. The summed E-state index contributed by atoms with van der Waals surface area (Å²) in [7, 11) is 0. The minimum absolute atomic E-state index is 0.0913. The van der Waals surface area contributed by atoms with Crippen LogP contribution in [0.25, 0.3) is 0 Å². The van der Waals surface area contributed by atoms with Crippen LogP contribution in [0.2, 0.25) is 5.02 Å². The van der Waals surface area contributed by atoms with E-state index in [1.165, 1.54) is 18.2 Å². The van der Waals surface area contributed by atoms with Crippen molar-refractivity contribution in [2.75, 3.05) is 13.1 Å². The molecule has 1 saturated heterocycles. The summed E-state index contributed by atoms with van der Waals surface area (Å²) < 4.78 is 11.2. The molecule has 0 aromatic heterocycles. The van der Waals surface area contributed by atoms with E-state index in [1.54, 1.807) is 4.90 Å². The molecule has 0 saturated carbocycles. The van der Waals surface area contributed by atoms with Crippen molar-refractivity contribution in [3.8, 4) is 5.75 Å². The van der Waals surface area contributed by atoms with Gasteiger partial charge in [0.2, 0.25) is 0 Å². The summed E-state index contributed by atoms with van der Waals surface area (Å²) in [6.45, 7) is 6.46. The Morgan fingerprint density at radius 2 is 2.12 bits per heavy atom. The molecule has 1 unspecified atom stereocenters. The smallest absolute Gasteiger partial charge is 0.410 e. The second-order valence-corrected chi connectivity index (χ2v) is 7.09. The van der Waals surface area contributed by atoms with Gasteiger partial charge in [0.25, 0.3) is 5.69 Å². The number of halogens is 1. The second-order valence-electron chi connectivity index (χ2n) is 6.68. The highest BCUT2D eigenvalue weighted by atomic mass is 35.5. The monoisotopic (exact) mass is 356 g/mol. The van der Waals surface area contributed by atoms with Crippen LogP contribution in [-0.4, -0.2) is 40.7 Å². The molecule has 1 aliphatic heterocycles. The maximum absolute atomic E-state index is 12.1. The van der Waals surface area contributed by atoms with Gasteiger partial charge in [0.15, 0.2) is 0 Å². The van der Waals surface area contributed by atoms with Crippen molar-refractivity contribution >= 4 is 23.4 Å².